The number of nitrogens with one attached hydrogen (secondary N) is 1. The standard InChI is InChI=1S/C21H24ClFN2O3S/c1-14-9-11-25(12-10-14)29(27,28)18-7-8-20(22)19(13-18)21(26)24-15(2)16-3-5-17(23)6-4-16/h3-8,13-15H,9-12H2,1-2H3,(H,24,26). The van der Waals surface area contributed by atoms with Gasteiger partial charge < -0.3 is 5.32 Å². The summed E-state index contributed by atoms with van der Waals surface area (Å²) in [5.74, 6) is -0.350. The minimum Gasteiger partial charge on any atom is -0.345 e. The average Bonchev–Trinajstić information content (AvgIpc) is 2.68. The summed E-state index contributed by atoms with van der Waals surface area (Å²) in [4.78, 5) is 12.8. The molecule has 1 amide bonds. The van der Waals surface area contributed by atoms with Crippen molar-refractivity contribution in [2.45, 2.75) is 37.6 Å². The minimum atomic E-state index is -3.69. The zero-order chi connectivity index (χ0) is 21.2. The van der Waals surface area contributed by atoms with Gasteiger partial charge in [-0.3, -0.25) is 4.79 Å². The van der Waals surface area contributed by atoms with E-state index in [1.807, 2.05) is 0 Å². The fourth-order valence-electron chi connectivity index (χ4n) is 3.32. The van der Waals surface area contributed by atoms with Crippen LogP contribution in [0.4, 0.5) is 4.39 Å². The van der Waals surface area contributed by atoms with E-state index < -0.39 is 22.0 Å². The number of benzene rings is 2. The van der Waals surface area contributed by atoms with Gasteiger partial charge in [-0.15, -0.1) is 0 Å². The lowest BCUT2D eigenvalue weighted by Crippen LogP contribution is -2.38. The van der Waals surface area contributed by atoms with Crippen molar-refractivity contribution in [3.05, 3.63) is 64.4 Å². The van der Waals surface area contributed by atoms with E-state index in [-0.39, 0.29) is 21.3 Å². The van der Waals surface area contributed by atoms with E-state index in [0.717, 1.165) is 18.4 Å². The van der Waals surface area contributed by atoms with Crippen molar-refractivity contribution < 1.29 is 17.6 Å². The Labute approximate surface area is 175 Å². The second-order valence-electron chi connectivity index (χ2n) is 7.47. The van der Waals surface area contributed by atoms with Gasteiger partial charge in [-0.1, -0.05) is 30.7 Å². The van der Waals surface area contributed by atoms with Crippen molar-refractivity contribution in [3.63, 3.8) is 0 Å². The Morgan fingerprint density at radius 2 is 1.79 bits per heavy atom. The van der Waals surface area contributed by atoms with Crippen LogP contribution in [0.5, 0.6) is 0 Å². The molecular formula is C21H24ClFN2O3S. The molecule has 3 rings (SSSR count). The number of amides is 1. The van der Waals surface area contributed by atoms with Crippen LogP contribution in [0.3, 0.4) is 0 Å². The number of hydrogen-bond acceptors (Lipinski definition) is 3. The number of halogens is 2. The van der Waals surface area contributed by atoms with E-state index in [1.165, 1.54) is 34.6 Å². The molecule has 1 N–H and O–H groups in total. The molecule has 1 unspecified atom stereocenters. The second-order valence-corrected chi connectivity index (χ2v) is 9.82. The lowest BCUT2D eigenvalue weighted by molar-refractivity contribution is 0.0940. The number of rotatable bonds is 5. The van der Waals surface area contributed by atoms with Crippen LogP contribution in [0.15, 0.2) is 47.4 Å². The lowest BCUT2D eigenvalue weighted by atomic mass is 10.0. The number of sulfonamides is 1. The van der Waals surface area contributed by atoms with Gasteiger partial charge in [0.15, 0.2) is 0 Å². The van der Waals surface area contributed by atoms with Crippen LogP contribution in [0.25, 0.3) is 0 Å². The van der Waals surface area contributed by atoms with Crippen LogP contribution < -0.4 is 5.32 Å². The maximum Gasteiger partial charge on any atom is 0.253 e. The first-order valence-corrected chi connectivity index (χ1v) is 11.4. The molecular weight excluding hydrogens is 415 g/mol. The monoisotopic (exact) mass is 438 g/mol. The summed E-state index contributed by atoms with van der Waals surface area (Å²) in [7, 11) is -3.69. The minimum absolute atomic E-state index is 0.0519. The van der Waals surface area contributed by atoms with Gasteiger partial charge in [0, 0.05) is 13.1 Å². The summed E-state index contributed by atoms with van der Waals surface area (Å²) in [5.41, 5.74) is 0.814. The Morgan fingerprint density at radius 1 is 1.17 bits per heavy atom. The number of carbonyl (C=O) groups is 1. The van der Waals surface area contributed by atoms with Gasteiger partial charge >= 0.3 is 0 Å². The summed E-state index contributed by atoms with van der Waals surface area (Å²) < 4.78 is 40.5. The molecule has 1 heterocycles. The van der Waals surface area contributed by atoms with Gasteiger partial charge in [-0.05, 0) is 61.6 Å². The molecule has 2 aromatic rings. The Morgan fingerprint density at radius 3 is 2.41 bits per heavy atom. The summed E-state index contributed by atoms with van der Waals surface area (Å²) in [5, 5.41) is 2.95. The smallest absolute Gasteiger partial charge is 0.253 e. The van der Waals surface area contributed by atoms with Gasteiger partial charge in [-0.2, -0.15) is 4.31 Å². The highest BCUT2D eigenvalue weighted by atomic mass is 35.5. The van der Waals surface area contributed by atoms with Gasteiger partial charge in [-0.25, -0.2) is 12.8 Å². The second kappa shape index (κ2) is 8.81. The summed E-state index contributed by atoms with van der Waals surface area (Å²) in [6.07, 6.45) is 1.63. The molecule has 0 bridgehead atoms. The lowest BCUT2D eigenvalue weighted by Gasteiger charge is -2.29. The van der Waals surface area contributed by atoms with Gasteiger partial charge in [0.1, 0.15) is 5.82 Å². The maximum absolute atomic E-state index is 13.1. The quantitative estimate of drug-likeness (QED) is 0.752. The molecule has 156 valence electrons. The predicted octanol–water partition coefficient (Wildman–Crippen LogP) is 4.39. The number of nitrogens with zero attached hydrogens (tertiary/aromatic N) is 1. The average molecular weight is 439 g/mol. The molecule has 1 aliphatic heterocycles. The van der Waals surface area contributed by atoms with E-state index in [0.29, 0.717) is 19.0 Å². The first-order valence-electron chi connectivity index (χ1n) is 9.54. The van der Waals surface area contributed by atoms with Gasteiger partial charge in [0.25, 0.3) is 5.91 Å². The molecule has 5 nitrogen and oxygen atoms in total. The van der Waals surface area contributed by atoms with Crippen molar-refractivity contribution >= 4 is 27.5 Å². The number of carbonyl (C=O) groups excluding carboxylic acids is 1. The molecule has 1 fully saturated rings. The Balaban J connectivity index is 1.81. The third kappa shape index (κ3) is 4.97. The van der Waals surface area contributed by atoms with E-state index in [4.69, 9.17) is 11.6 Å². The van der Waals surface area contributed by atoms with Crippen molar-refractivity contribution in [1.82, 2.24) is 9.62 Å². The highest BCUT2D eigenvalue weighted by molar-refractivity contribution is 7.89. The summed E-state index contributed by atoms with van der Waals surface area (Å²) >= 11 is 6.18. The highest BCUT2D eigenvalue weighted by Gasteiger charge is 2.29. The third-order valence-electron chi connectivity index (χ3n) is 5.28. The van der Waals surface area contributed by atoms with E-state index in [1.54, 1.807) is 19.1 Å². The molecule has 0 aliphatic carbocycles. The molecule has 2 aromatic carbocycles. The maximum atomic E-state index is 13.1. The molecule has 1 aliphatic rings. The van der Waals surface area contributed by atoms with Crippen LogP contribution in [0.1, 0.15) is 48.7 Å². The van der Waals surface area contributed by atoms with Crippen molar-refractivity contribution in [1.29, 1.82) is 0 Å². The Bertz CT molecular complexity index is 987. The number of hydrogen-bond donors (Lipinski definition) is 1. The largest absolute Gasteiger partial charge is 0.345 e. The van der Waals surface area contributed by atoms with Crippen LogP contribution in [-0.2, 0) is 10.0 Å². The Hall–Kier alpha value is -1.96. The summed E-state index contributed by atoms with van der Waals surface area (Å²) in [6, 6.07) is 9.58. The molecule has 0 spiro atoms. The van der Waals surface area contributed by atoms with Crippen molar-refractivity contribution in [3.8, 4) is 0 Å². The molecule has 29 heavy (non-hydrogen) atoms. The first-order chi connectivity index (χ1) is 13.7. The Kier molecular flexibility index (Phi) is 6.61. The zero-order valence-corrected chi connectivity index (χ0v) is 17.9. The van der Waals surface area contributed by atoms with Crippen LogP contribution in [-0.4, -0.2) is 31.7 Å². The molecule has 8 heteroatoms. The predicted molar refractivity (Wildman–Crippen MR) is 111 cm³/mol. The first kappa shape index (κ1) is 21.7. The normalized spacial score (nSPS) is 17.1. The van der Waals surface area contributed by atoms with Crippen molar-refractivity contribution in [2.75, 3.05) is 13.1 Å². The van der Waals surface area contributed by atoms with Crippen LogP contribution in [0.2, 0.25) is 5.02 Å². The van der Waals surface area contributed by atoms with E-state index in [9.17, 15) is 17.6 Å². The third-order valence-corrected chi connectivity index (χ3v) is 7.50. The molecule has 1 saturated heterocycles. The van der Waals surface area contributed by atoms with Crippen molar-refractivity contribution in [2.24, 2.45) is 5.92 Å². The fourth-order valence-corrected chi connectivity index (χ4v) is 5.02. The molecule has 0 radical (unpaired) electrons. The summed E-state index contributed by atoms with van der Waals surface area (Å²) in [6.45, 7) is 4.80. The topological polar surface area (TPSA) is 66.5 Å². The van der Waals surface area contributed by atoms with Crippen LogP contribution >= 0.6 is 11.6 Å². The van der Waals surface area contributed by atoms with E-state index in [2.05, 4.69) is 12.2 Å². The van der Waals surface area contributed by atoms with Gasteiger partial charge in [0.2, 0.25) is 10.0 Å². The van der Waals surface area contributed by atoms with E-state index >= 15 is 0 Å². The number of piperidine rings is 1. The SMILES string of the molecule is CC1CCN(S(=O)(=O)c2ccc(Cl)c(C(=O)NC(C)c3ccc(F)cc3)c2)CC1. The fraction of sp³-hybridized carbons (Fsp3) is 0.381. The van der Waals surface area contributed by atoms with Crippen LogP contribution in [0, 0.1) is 11.7 Å². The molecule has 0 saturated carbocycles. The highest BCUT2D eigenvalue weighted by Crippen LogP contribution is 2.27. The molecule has 0 aromatic heterocycles. The zero-order valence-electron chi connectivity index (χ0n) is 16.4. The molecule has 1 atom stereocenters. The van der Waals surface area contributed by atoms with Gasteiger partial charge in [0.05, 0.1) is 21.5 Å².